The van der Waals surface area contributed by atoms with Crippen LogP contribution in [0.25, 0.3) is 0 Å². The molecule has 10 nitrogen and oxygen atoms in total. The zero-order valence-corrected chi connectivity index (χ0v) is 42.2. The molecule has 0 aliphatic heterocycles. The molecule has 386 valence electrons. The van der Waals surface area contributed by atoms with Gasteiger partial charge in [0.15, 0.2) is 0 Å². The zero-order chi connectivity index (χ0) is 51.2. The molecule has 0 aromatic heterocycles. The molecule has 0 atom stereocenters. The molecule has 0 N–H and O–H groups in total. The first kappa shape index (κ1) is 56.4. The van der Waals surface area contributed by atoms with Crippen molar-refractivity contribution in [2.75, 3.05) is 13.2 Å². The minimum absolute atomic E-state index is 0.0332. The van der Waals surface area contributed by atoms with E-state index in [4.69, 9.17) is 28.4 Å². The van der Waals surface area contributed by atoms with Gasteiger partial charge in [-0.25, -0.2) is 28.0 Å². The third-order valence-corrected chi connectivity index (χ3v) is 12.2. The molecule has 0 aliphatic carbocycles. The van der Waals surface area contributed by atoms with E-state index in [1.807, 2.05) is 0 Å². The standard InChI is InChI=1S/C60H72F2O10/c1-3-5-7-9-11-13-15-16-18-20-22-24-41-68-49-36-38-53(55(61)43-49)60(66)72-52-37-39-54(56(62)44-52)59(65)71-51-27-25-26-50(42-51)70-58(64)46-30-34-48(35-31-46)69-57(63)45-28-32-47(33-29-45)67-40-23-21-19-17-14-12-10-8-6-4-2/h25-39,42-44H,3-24,40-41H2,1-2H3. The number of halogens is 2. The molecule has 0 radical (unpaired) electrons. The summed E-state index contributed by atoms with van der Waals surface area (Å²) in [5.74, 6) is -4.44. The van der Waals surface area contributed by atoms with Crippen LogP contribution in [0.4, 0.5) is 8.78 Å². The molecule has 0 saturated carbocycles. The molecule has 0 unspecified atom stereocenters. The Morgan fingerprint density at radius 2 is 0.653 bits per heavy atom. The Hall–Kier alpha value is -6.56. The summed E-state index contributed by atoms with van der Waals surface area (Å²) in [6.07, 6.45) is 27.1. The molecule has 0 spiro atoms. The van der Waals surface area contributed by atoms with Crippen molar-refractivity contribution in [2.24, 2.45) is 0 Å². The van der Waals surface area contributed by atoms with E-state index < -0.39 is 41.1 Å². The fourth-order valence-electron chi connectivity index (χ4n) is 7.99. The summed E-state index contributed by atoms with van der Waals surface area (Å²) in [5, 5.41) is 0. The highest BCUT2D eigenvalue weighted by atomic mass is 19.1. The van der Waals surface area contributed by atoms with Crippen LogP contribution in [-0.4, -0.2) is 37.1 Å². The van der Waals surface area contributed by atoms with Gasteiger partial charge in [-0.1, -0.05) is 148 Å². The summed E-state index contributed by atoms with van der Waals surface area (Å²) in [6.45, 7) is 5.51. The average molecular weight is 991 g/mol. The molecule has 0 amide bonds. The minimum atomic E-state index is -1.08. The van der Waals surface area contributed by atoms with Crippen molar-refractivity contribution in [3.8, 4) is 34.5 Å². The summed E-state index contributed by atoms with van der Waals surface area (Å²) in [5.41, 5.74) is -0.350. The second-order valence-electron chi connectivity index (χ2n) is 18.1. The number of hydrogen-bond acceptors (Lipinski definition) is 10. The van der Waals surface area contributed by atoms with E-state index in [-0.39, 0.29) is 39.9 Å². The molecule has 72 heavy (non-hydrogen) atoms. The highest BCUT2D eigenvalue weighted by Gasteiger charge is 2.20. The molecule has 5 rings (SSSR count). The molecular formula is C60H72F2O10. The third kappa shape index (κ3) is 20.7. The quantitative estimate of drug-likeness (QED) is 0.0223. The van der Waals surface area contributed by atoms with Gasteiger partial charge in [0.2, 0.25) is 0 Å². The van der Waals surface area contributed by atoms with Gasteiger partial charge in [-0.15, -0.1) is 0 Å². The maximum atomic E-state index is 15.2. The second kappa shape index (κ2) is 32.4. The molecule has 0 heterocycles. The summed E-state index contributed by atoms with van der Waals surface area (Å²) in [6, 6.07) is 25.1. The Morgan fingerprint density at radius 3 is 1.08 bits per heavy atom. The predicted octanol–water partition coefficient (Wildman–Crippen LogP) is 16.2. The molecule has 0 bridgehead atoms. The molecule has 5 aromatic rings. The van der Waals surface area contributed by atoms with Gasteiger partial charge in [0, 0.05) is 18.2 Å². The molecule has 0 aliphatic rings. The maximum absolute atomic E-state index is 15.2. The molecule has 0 saturated heterocycles. The number of carbonyl (C=O) groups is 4. The topological polar surface area (TPSA) is 124 Å². The number of esters is 4. The maximum Gasteiger partial charge on any atom is 0.346 e. The fourth-order valence-corrected chi connectivity index (χ4v) is 7.99. The van der Waals surface area contributed by atoms with E-state index in [0.717, 1.165) is 50.3 Å². The van der Waals surface area contributed by atoms with Gasteiger partial charge >= 0.3 is 23.9 Å². The fraction of sp³-hybridized carbons (Fsp3) is 0.433. The lowest BCUT2D eigenvalue weighted by molar-refractivity contribution is 0.0719. The molecular weight excluding hydrogens is 919 g/mol. The Bertz CT molecular complexity index is 2420. The second-order valence-corrected chi connectivity index (χ2v) is 18.1. The largest absolute Gasteiger partial charge is 0.494 e. The van der Waals surface area contributed by atoms with Crippen LogP contribution >= 0.6 is 0 Å². The lowest BCUT2D eigenvalue weighted by Gasteiger charge is -2.10. The van der Waals surface area contributed by atoms with Crippen LogP contribution in [0.2, 0.25) is 0 Å². The van der Waals surface area contributed by atoms with E-state index >= 15 is 4.39 Å². The first-order valence-electron chi connectivity index (χ1n) is 26.2. The molecule has 12 heteroatoms. The lowest BCUT2D eigenvalue weighted by Crippen LogP contribution is -2.13. The van der Waals surface area contributed by atoms with Gasteiger partial charge in [-0.2, -0.15) is 0 Å². The summed E-state index contributed by atoms with van der Waals surface area (Å²) >= 11 is 0. The third-order valence-electron chi connectivity index (χ3n) is 12.2. The van der Waals surface area contributed by atoms with E-state index in [9.17, 15) is 23.6 Å². The van der Waals surface area contributed by atoms with Crippen molar-refractivity contribution in [1.29, 1.82) is 0 Å². The van der Waals surface area contributed by atoms with Gasteiger partial charge in [-0.3, -0.25) is 0 Å². The summed E-state index contributed by atoms with van der Waals surface area (Å²) in [4.78, 5) is 51.6. The Morgan fingerprint density at radius 1 is 0.333 bits per heavy atom. The van der Waals surface area contributed by atoms with Crippen molar-refractivity contribution in [2.45, 2.75) is 155 Å². The van der Waals surface area contributed by atoms with E-state index in [1.165, 1.54) is 176 Å². The summed E-state index contributed by atoms with van der Waals surface area (Å²) < 4.78 is 63.2. The first-order chi connectivity index (χ1) is 35.1. The zero-order valence-electron chi connectivity index (χ0n) is 42.2. The van der Waals surface area contributed by atoms with Crippen LogP contribution in [0.1, 0.15) is 197 Å². The normalized spacial score (nSPS) is 10.9. The molecule has 0 fully saturated rings. The number of carbonyl (C=O) groups excluding carboxylic acids is 4. The van der Waals surface area contributed by atoms with Crippen molar-refractivity contribution < 1.29 is 56.4 Å². The first-order valence-corrected chi connectivity index (χ1v) is 26.2. The van der Waals surface area contributed by atoms with Crippen LogP contribution in [-0.2, 0) is 0 Å². The van der Waals surface area contributed by atoms with Crippen LogP contribution in [0, 0.1) is 11.6 Å². The molecule has 5 aromatic carbocycles. The van der Waals surface area contributed by atoms with Crippen LogP contribution in [0.15, 0.2) is 109 Å². The Labute approximate surface area is 424 Å². The van der Waals surface area contributed by atoms with Crippen LogP contribution in [0.3, 0.4) is 0 Å². The number of unbranched alkanes of at least 4 members (excludes halogenated alkanes) is 20. The minimum Gasteiger partial charge on any atom is -0.494 e. The lowest BCUT2D eigenvalue weighted by atomic mass is 10.1. The highest BCUT2D eigenvalue weighted by molar-refractivity contribution is 5.94. The smallest absolute Gasteiger partial charge is 0.346 e. The highest BCUT2D eigenvalue weighted by Crippen LogP contribution is 2.26. The van der Waals surface area contributed by atoms with Crippen LogP contribution < -0.4 is 28.4 Å². The Balaban J connectivity index is 0.992. The van der Waals surface area contributed by atoms with Crippen molar-refractivity contribution in [1.82, 2.24) is 0 Å². The van der Waals surface area contributed by atoms with Gasteiger partial charge in [0.1, 0.15) is 46.1 Å². The average Bonchev–Trinajstić information content (AvgIpc) is 3.37. The number of hydrogen-bond donors (Lipinski definition) is 0. The number of ether oxygens (including phenoxy) is 6. The van der Waals surface area contributed by atoms with Gasteiger partial charge in [0.25, 0.3) is 0 Å². The summed E-state index contributed by atoms with van der Waals surface area (Å²) in [7, 11) is 0. The number of rotatable bonds is 34. The van der Waals surface area contributed by atoms with Crippen LogP contribution in [0.5, 0.6) is 34.5 Å². The Kier molecular flexibility index (Phi) is 25.4. The van der Waals surface area contributed by atoms with Crippen molar-refractivity contribution >= 4 is 23.9 Å². The number of benzene rings is 5. The van der Waals surface area contributed by atoms with Gasteiger partial charge in [-0.05, 0) is 97.8 Å². The van der Waals surface area contributed by atoms with Crippen molar-refractivity contribution in [3.05, 3.63) is 143 Å². The van der Waals surface area contributed by atoms with E-state index in [1.54, 1.807) is 24.3 Å². The van der Waals surface area contributed by atoms with Gasteiger partial charge < -0.3 is 28.4 Å². The van der Waals surface area contributed by atoms with Gasteiger partial charge in [0.05, 0.1) is 35.5 Å². The van der Waals surface area contributed by atoms with E-state index in [0.29, 0.717) is 24.5 Å². The SMILES string of the molecule is CCCCCCCCCCCCCCOc1ccc(C(=O)Oc2ccc(C(=O)Oc3cccc(OC(=O)c4ccc(OC(=O)c5ccc(OCCCCCCCCCCCC)cc5)cc4)c3)c(F)c2)c(F)c1. The monoisotopic (exact) mass is 991 g/mol. The predicted molar refractivity (Wildman–Crippen MR) is 276 cm³/mol. The van der Waals surface area contributed by atoms with E-state index in [2.05, 4.69) is 13.8 Å². The van der Waals surface area contributed by atoms with Crippen molar-refractivity contribution in [3.63, 3.8) is 0 Å².